The maximum absolute atomic E-state index is 15.7. The molecule has 2 aliphatic heterocycles. The van der Waals surface area contributed by atoms with E-state index in [-0.39, 0.29) is 42.0 Å². The normalized spacial score (nSPS) is 14.1. The molecule has 1 fully saturated rings. The number of anilines is 1. The Kier molecular flexibility index (Phi) is 7.32. The van der Waals surface area contributed by atoms with Crippen LogP contribution in [0.1, 0.15) is 36.5 Å². The predicted octanol–water partition coefficient (Wildman–Crippen LogP) is 4.58. The van der Waals surface area contributed by atoms with Crippen LogP contribution in [0.25, 0.3) is 27.4 Å². The fraction of sp³-hybridized carbons (Fsp3) is 0.323. The number of rotatable bonds is 9. The topological polar surface area (TPSA) is 102 Å². The van der Waals surface area contributed by atoms with Crippen molar-refractivity contribution >= 4 is 39.2 Å². The largest absolute Gasteiger partial charge is 0.466 e. The SMILES string of the molecule is CCOC(=O)CCNC(=O)c1cn2c3c(c(NCCN4CCCC4)c(F)cc3c1=O)Oc1ccc3ccccc3c1-2. The highest BCUT2D eigenvalue weighted by molar-refractivity contribution is 6.04. The van der Waals surface area contributed by atoms with E-state index in [9.17, 15) is 14.4 Å². The lowest BCUT2D eigenvalue weighted by Gasteiger charge is -2.27. The first-order valence-electron chi connectivity index (χ1n) is 14.0. The number of fused-ring (bicyclic) bond motifs is 4. The van der Waals surface area contributed by atoms with Crippen LogP contribution in [0.15, 0.2) is 53.5 Å². The second kappa shape index (κ2) is 11.2. The van der Waals surface area contributed by atoms with Gasteiger partial charge in [-0.25, -0.2) is 4.39 Å². The minimum absolute atomic E-state index is 0.00272. The molecule has 0 spiro atoms. The van der Waals surface area contributed by atoms with E-state index in [4.69, 9.17) is 9.47 Å². The maximum Gasteiger partial charge on any atom is 0.307 e. The first-order chi connectivity index (χ1) is 20.0. The molecule has 3 heterocycles. The van der Waals surface area contributed by atoms with Gasteiger partial charge < -0.3 is 29.6 Å². The molecule has 2 N–H and O–H groups in total. The summed E-state index contributed by atoms with van der Waals surface area (Å²) in [5, 5.41) is 7.65. The molecule has 9 nitrogen and oxygen atoms in total. The third-order valence-electron chi connectivity index (χ3n) is 7.61. The Morgan fingerprint density at radius 3 is 2.68 bits per heavy atom. The van der Waals surface area contributed by atoms with E-state index in [1.165, 1.54) is 12.3 Å². The molecular weight excluding hydrogens is 527 g/mol. The standard InChI is InChI=1S/C31H31FN4O5/c1-2-40-25(37)11-12-34-31(39)22-18-36-27-20-8-4-3-7-19(20)9-10-24(27)41-30-26(33-13-16-35-14-5-6-15-35)23(32)17-21(28(30)36)29(22)38/h3-4,7-10,17-18,33H,2,5-6,11-16H2,1H3,(H,34,39). The monoisotopic (exact) mass is 558 g/mol. The third kappa shape index (κ3) is 4.99. The lowest BCUT2D eigenvalue weighted by atomic mass is 10.0. The Balaban J connectivity index is 1.46. The average molecular weight is 559 g/mol. The predicted molar refractivity (Wildman–Crippen MR) is 155 cm³/mol. The first-order valence-corrected chi connectivity index (χ1v) is 14.0. The minimum Gasteiger partial charge on any atom is -0.466 e. The van der Waals surface area contributed by atoms with Crippen LogP contribution in [-0.4, -0.2) is 60.7 Å². The number of hydrogen-bond donors (Lipinski definition) is 2. The Hall–Kier alpha value is -4.44. The Bertz CT molecular complexity index is 1730. The van der Waals surface area contributed by atoms with Crippen LogP contribution in [0.5, 0.6) is 11.5 Å². The number of likely N-dealkylation sites (tertiary alicyclic amines) is 1. The van der Waals surface area contributed by atoms with Crippen molar-refractivity contribution in [3.63, 3.8) is 0 Å². The van der Waals surface area contributed by atoms with Crippen LogP contribution >= 0.6 is 0 Å². The van der Waals surface area contributed by atoms with E-state index in [0.717, 1.165) is 43.2 Å². The van der Waals surface area contributed by atoms with Crippen molar-refractivity contribution < 1.29 is 23.5 Å². The minimum atomic E-state index is -0.659. The van der Waals surface area contributed by atoms with Gasteiger partial charge in [-0.3, -0.25) is 14.4 Å². The lowest BCUT2D eigenvalue weighted by Crippen LogP contribution is -2.32. The molecule has 0 saturated carbocycles. The number of aromatic nitrogens is 1. The molecular formula is C31H31FN4O5. The molecule has 212 valence electrons. The highest BCUT2D eigenvalue weighted by Crippen LogP contribution is 2.47. The van der Waals surface area contributed by atoms with Gasteiger partial charge in [-0.1, -0.05) is 30.3 Å². The number of esters is 1. The summed E-state index contributed by atoms with van der Waals surface area (Å²) in [4.78, 5) is 40.9. The van der Waals surface area contributed by atoms with E-state index in [2.05, 4.69) is 15.5 Å². The number of halogens is 1. The molecule has 1 saturated heterocycles. The highest BCUT2D eigenvalue weighted by Gasteiger charge is 2.29. The third-order valence-corrected chi connectivity index (χ3v) is 7.61. The highest BCUT2D eigenvalue weighted by atomic mass is 19.1. The molecule has 1 aromatic heterocycles. The number of amides is 1. The van der Waals surface area contributed by atoms with Gasteiger partial charge in [-0.2, -0.15) is 0 Å². The second-order valence-electron chi connectivity index (χ2n) is 10.2. The van der Waals surface area contributed by atoms with Crippen LogP contribution < -0.4 is 20.8 Å². The lowest BCUT2D eigenvalue weighted by molar-refractivity contribution is -0.142. The molecule has 10 heteroatoms. The van der Waals surface area contributed by atoms with E-state index in [1.807, 2.05) is 36.4 Å². The maximum atomic E-state index is 15.7. The van der Waals surface area contributed by atoms with Crippen molar-refractivity contribution in [1.29, 1.82) is 0 Å². The summed E-state index contributed by atoms with van der Waals surface area (Å²) in [6, 6.07) is 12.6. The number of nitrogens with zero attached hydrogens (tertiary/aromatic N) is 2. The van der Waals surface area contributed by atoms with Crippen molar-refractivity contribution in [2.24, 2.45) is 0 Å². The Labute approximate surface area is 235 Å². The van der Waals surface area contributed by atoms with Crippen molar-refractivity contribution in [3.05, 3.63) is 70.3 Å². The summed E-state index contributed by atoms with van der Waals surface area (Å²) in [7, 11) is 0. The average Bonchev–Trinajstić information content (AvgIpc) is 3.49. The quantitative estimate of drug-likeness (QED) is 0.256. The molecule has 0 bridgehead atoms. The van der Waals surface area contributed by atoms with Gasteiger partial charge in [0.2, 0.25) is 5.43 Å². The van der Waals surface area contributed by atoms with Crippen molar-refractivity contribution in [2.75, 3.05) is 44.6 Å². The van der Waals surface area contributed by atoms with E-state index in [0.29, 0.717) is 23.5 Å². The number of ether oxygens (including phenoxy) is 2. The smallest absolute Gasteiger partial charge is 0.307 e. The van der Waals surface area contributed by atoms with Crippen molar-refractivity contribution in [2.45, 2.75) is 26.2 Å². The molecule has 2 aliphatic rings. The van der Waals surface area contributed by atoms with Crippen LogP contribution in [0, 0.1) is 5.82 Å². The summed E-state index contributed by atoms with van der Waals surface area (Å²) in [6.07, 6.45) is 3.77. The second-order valence-corrected chi connectivity index (χ2v) is 10.2. The van der Waals surface area contributed by atoms with E-state index >= 15 is 4.39 Å². The van der Waals surface area contributed by atoms with Gasteiger partial charge >= 0.3 is 5.97 Å². The number of nitrogens with one attached hydrogen (secondary N) is 2. The van der Waals surface area contributed by atoms with Gasteiger partial charge in [-0.15, -0.1) is 0 Å². The summed E-state index contributed by atoms with van der Waals surface area (Å²) in [5.74, 6) is -1.07. The summed E-state index contributed by atoms with van der Waals surface area (Å²) < 4.78 is 28.7. The molecule has 4 aromatic rings. The molecule has 41 heavy (non-hydrogen) atoms. The fourth-order valence-corrected chi connectivity index (χ4v) is 5.66. The van der Waals surface area contributed by atoms with Crippen molar-refractivity contribution in [3.8, 4) is 17.2 Å². The van der Waals surface area contributed by atoms with Crippen LogP contribution in [-0.2, 0) is 9.53 Å². The number of pyridine rings is 1. The summed E-state index contributed by atoms with van der Waals surface area (Å²) >= 11 is 0. The number of hydrogen-bond acceptors (Lipinski definition) is 7. The summed E-state index contributed by atoms with van der Waals surface area (Å²) in [5.41, 5.74) is 0.418. The van der Waals surface area contributed by atoms with Gasteiger partial charge in [0, 0.05) is 31.2 Å². The van der Waals surface area contributed by atoms with Crippen LogP contribution in [0.3, 0.4) is 0 Å². The van der Waals surface area contributed by atoms with Gasteiger partial charge in [-0.05, 0) is 50.4 Å². The number of benzene rings is 3. The van der Waals surface area contributed by atoms with Crippen LogP contribution in [0.4, 0.5) is 10.1 Å². The zero-order valence-electron chi connectivity index (χ0n) is 22.8. The zero-order valence-corrected chi connectivity index (χ0v) is 22.8. The van der Waals surface area contributed by atoms with Crippen molar-refractivity contribution in [1.82, 2.24) is 14.8 Å². The van der Waals surface area contributed by atoms with Gasteiger partial charge in [0.15, 0.2) is 17.3 Å². The molecule has 0 atom stereocenters. The van der Waals surface area contributed by atoms with Gasteiger partial charge in [0.1, 0.15) is 16.8 Å². The molecule has 3 aromatic carbocycles. The molecule has 0 unspecified atom stereocenters. The molecule has 0 radical (unpaired) electrons. The van der Waals surface area contributed by atoms with Gasteiger partial charge in [0.25, 0.3) is 5.91 Å². The Morgan fingerprint density at radius 1 is 1.07 bits per heavy atom. The molecule has 1 amide bonds. The molecule has 0 aliphatic carbocycles. The van der Waals surface area contributed by atoms with E-state index < -0.39 is 23.1 Å². The Morgan fingerprint density at radius 2 is 1.88 bits per heavy atom. The molecule has 6 rings (SSSR count). The van der Waals surface area contributed by atoms with Crippen LogP contribution in [0.2, 0.25) is 0 Å². The van der Waals surface area contributed by atoms with E-state index in [1.54, 1.807) is 11.5 Å². The number of carbonyl (C=O) groups excluding carboxylic acids is 2. The first kappa shape index (κ1) is 26.8. The number of carbonyl (C=O) groups is 2. The van der Waals surface area contributed by atoms with Gasteiger partial charge in [0.05, 0.1) is 24.1 Å². The summed E-state index contributed by atoms with van der Waals surface area (Å²) in [6.45, 7) is 5.25. The zero-order chi connectivity index (χ0) is 28.5. The fourth-order valence-electron chi connectivity index (χ4n) is 5.66.